The normalized spacial score (nSPS) is 12.6. The lowest BCUT2D eigenvalue weighted by Crippen LogP contribution is -2.34. The molecule has 0 rings (SSSR count). The quantitative estimate of drug-likeness (QED) is 0.356. The highest BCUT2D eigenvalue weighted by atomic mass is 16.6. The van der Waals surface area contributed by atoms with Crippen LogP contribution in [0.2, 0.25) is 0 Å². The topological polar surface area (TPSA) is 95.1 Å². The zero-order valence-corrected chi connectivity index (χ0v) is 18.3. The van der Waals surface area contributed by atoms with E-state index in [1.807, 2.05) is 13.8 Å². The van der Waals surface area contributed by atoms with Gasteiger partial charge in [-0.2, -0.15) is 0 Å². The van der Waals surface area contributed by atoms with Crippen LogP contribution in [-0.2, 0) is 28.5 Å². The van der Waals surface area contributed by atoms with Crippen molar-refractivity contribution in [3.63, 3.8) is 0 Å². The molecule has 0 aromatic rings. The lowest BCUT2D eigenvalue weighted by Gasteiger charge is -2.18. The second-order valence-corrected chi connectivity index (χ2v) is 7.83. The molecule has 1 unspecified atom stereocenters. The second-order valence-electron chi connectivity index (χ2n) is 7.83. The van der Waals surface area contributed by atoms with Gasteiger partial charge in [0.25, 0.3) is 0 Å². The molecule has 0 saturated heterocycles. The second kappa shape index (κ2) is 16.7. The third-order valence-electron chi connectivity index (χ3n) is 3.77. The maximum absolute atomic E-state index is 11.5. The lowest BCUT2D eigenvalue weighted by atomic mass is 9.97. The molecule has 8 nitrogen and oxygen atoms in total. The van der Waals surface area contributed by atoms with Crippen LogP contribution in [0.4, 0.5) is 0 Å². The summed E-state index contributed by atoms with van der Waals surface area (Å²) in [7, 11) is 0. The molecule has 0 saturated carbocycles. The first-order chi connectivity index (χ1) is 13.3. The summed E-state index contributed by atoms with van der Waals surface area (Å²) in [5.41, 5.74) is 0.0626. The summed E-state index contributed by atoms with van der Waals surface area (Å²) in [4.78, 5) is 23.1. The Kier molecular flexibility index (Phi) is 16.0. The SMILES string of the molecule is CCC(C)C(=O)NCCOCCOCCOCCOCC(=O)NCC(C)(C)C. The van der Waals surface area contributed by atoms with Gasteiger partial charge in [0.2, 0.25) is 11.8 Å². The van der Waals surface area contributed by atoms with Crippen molar-refractivity contribution in [3.8, 4) is 0 Å². The van der Waals surface area contributed by atoms with Gasteiger partial charge in [-0.1, -0.05) is 34.6 Å². The predicted molar refractivity (Wildman–Crippen MR) is 108 cm³/mol. The molecule has 2 N–H and O–H groups in total. The van der Waals surface area contributed by atoms with Crippen molar-refractivity contribution in [3.05, 3.63) is 0 Å². The Morgan fingerprint density at radius 2 is 1.32 bits per heavy atom. The number of amides is 2. The van der Waals surface area contributed by atoms with Gasteiger partial charge in [0.05, 0.1) is 46.2 Å². The van der Waals surface area contributed by atoms with Gasteiger partial charge in [-0.15, -0.1) is 0 Å². The number of ether oxygens (including phenoxy) is 4. The summed E-state index contributed by atoms with van der Waals surface area (Å²) in [5, 5.41) is 5.65. The number of nitrogens with one attached hydrogen (secondary N) is 2. The molecule has 0 radical (unpaired) electrons. The third kappa shape index (κ3) is 18.2. The predicted octanol–water partition coefficient (Wildman–Crippen LogP) is 1.38. The molecule has 0 fully saturated rings. The fraction of sp³-hybridized carbons (Fsp3) is 0.900. The highest BCUT2D eigenvalue weighted by Crippen LogP contribution is 2.09. The van der Waals surface area contributed by atoms with E-state index in [1.54, 1.807) is 0 Å². The number of hydrogen-bond acceptors (Lipinski definition) is 6. The minimum absolute atomic E-state index is 0.0411. The molecule has 0 aromatic heterocycles. The zero-order chi connectivity index (χ0) is 21.3. The van der Waals surface area contributed by atoms with Crippen LogP contribution in [0.5, 0.6) is 0 Å². The van der Waals surface area contributed by atoms with E-state index in [2.05, 4.69) is 31.4 Å². The van der Waals surface area contributed by atoms with E-state index in [0.29, 0.717) is 59.3 Å². The van der Waals surface area contributed by atoms with Crippen LogP contribution in [-0.4, -0.2) is 77.8 Å². The number of carbonyl (C=O) groups excluding carboxylic acids is 2. The van der Waals surface area contributed by atoms with E-state index < -0.39 is 0 Å². The lowest BCUT2D eigenvalue weighted by molar-refractivity contribution is -0.127. The van der Waals surface area contributed by atoms with Crippen LogP contribution in [0.25, 0.3) is 0 Å². The highest BCUT2D eigenvalue weighted by molar-refractivity contribution is 5.78. The summed E-state index contributed by atoms with van der Waals surface area (Å²) < 4.78 is 21.4. The van der Waals surface area contributed by atoms with Gasteiger partial charge in [-0.3, -0.25) is 9.59 Å². The minimum Gasteiger partial charge on any atom is -0.377 e. The average Bonchev–Trinajstić information content (AvgIpc) is 2.65. The molecule has 0 aliphatic carbocycles. The summed E-state index contributed by atoms with van der Waals surface area (Å²) in [6.45, 7) is 14.4. The van der Waals surface area contributed by atoms with Gasteiger partial charge in [-0.05, 0) is 11.8 Å². The van der Waals surface area contributed by atoms with Gasteiger partial charge < -0.3 is 29.6 Å². The van der Waals surface area contributed by atoms with E-state index in [1.165, 1.54) is 0 Å². The molecule has 0 aliphatic rings. The van der Waals surface area contributed by atoms with Crippen LogP contribution in [0, 0.1) is 11.3 Å². The average molecular weight is 405 g/mol. The number of carbonyl (C=O) groups is 2. The fourth-order valence-electron chi connectivity index (χ4n) is 1.85. The van der Waals surface area contributed by atoms with Crippen molar-refractivity contribution in [2.75, 3.05) is 65.9 Å². The van der Waals surface area contributed by atoms with E-state index >= 15 is 0 Å². The van der Waals surface area contributed by atoms with Crippen LogP contribution in [0.15, 0.2) is 0 Å². The first kappa shape index (κ1) is 26.8. The van der Waals surface area contributed by atoms with E-state index in [9.17, 15) is 9.59 Å². The van der Waals surface area contributed by atoms with Crippen molar-refractivity contribution in [1.82, 2.24) is 10.6 Å². The van der Waals surface area contributed by atoms with Gasteiger partial charge in [0, 0.05) is 19.0 Å². The van der Waals surface area contributed by atoms with Crippen LogP contribution in [0.3, 0.4) is 0 Å². The largest absolute Gasteiger partial charge is 0.377 e. The van der Waals surface area contributed by atoms with Gasteiger partial charge in [0.1, 0.15) is 6.61 Å². The maximum atomic E-state index is 11.5. The Hall–Kier alpha value is -1.22. The summed E-state index contributed by atoms with van der Waals surface area (Å²) in [5.74, 6) is -0.00827. The Morgan fingerprint density at radius 1 is 0.821 bits per heavy atom. The molecular formula is C20H40N2O6. The molecule has 166 valence electrons. The fourth-order valence-corrected chi connectivity index (χ4v) is 1.85. The molecule has 0 bridgehead atoms. The van der Waals surface area contributed by atoms with Gasteiger partial charge in [-0.25, -0.2) is 0 Å². The maximum Gasteiger partial charge on any atom is 0.246 e. The zero-order valence-electron chi connectivity index (χ0n) is 18.3. The molecule has 2 amide bonds. The van der Waals surface area contributed by atoms with Crippen molar-refractivity contribution >= 4 is 11.8 Å². The van der Waals surface area contributed by atoms with Crippen molar-refractivity contribution in [1.29, 1.82) is 0 Å². The molecule has 8 heteroatoms. The summed E-state index contributed by atoms with van der Waals surface area (Å²) in [6.07, 6.45) is 0.835. The molecule has 1 atom stereocenters. The molecular weight excluding hydrogens is 364 g/mol. The van der Waals surface area contributed by atoms with Crippen LogP contribution < -0.4 is 10.6 Å². The van der Waals surface area contributed by atoms with Crippen molar-refractivity contribution in [2.24, 2.45) is 11.3 Å². The Balaban J connectivity index is 3.26. The molecule has 28 heavy (non-hydrogen) atoms. The summed E-state index contributed by atoms with van der Waals surface area (Å²) in [6, 6.07) is 0. The van der Waals surface area contributed by atoms with Crippen molar-refractivity contribution in [2.45, 2.75) is 41.0 Å². The first-order valence-electron chi connectivity index (χ1n) is 10.1. The third-order valence-corrected chi connectivity index (χ3v) is 3.77. The van der Waals surface area contributed by atoms with Gasteiger partial charge in [0.15, 0.2) is 0 Å². The Morgan fingerprint density at radius 3 is 1.82 bits per heavy atom. The number of rotatable bonds is 17. The molecule has 0 heterocycles. The van der Waals surface area contributed by atoms with E-state index in [4.69, 9.17) is 18.9 Å². The first-order valence-corrected chi connectivity index (χ1v) is 10.1. The molecule has 0 aliphatic heterocycles. The monoisotopic (exact) mass is 404 g/mol. The minimum atomic E-state index is -0.113. The van der Waals surface area contributed by atoms with E-state index in [-0.39, 0.29) is 29.8 Å². The Bertz CT molecular complexity index is 412. The smallest absolute Gasteiger partial charge is 0.246 e. The van der Waals surface area contributed by atoms with Crippen molar-refractivity contribution < 1.29 is 28.5 Å². The summed E-state index contributed by atoms with van der Waals surface area (Å²) >= 11 is 0. The number of hydrogen-bond donors (Lipinski definition) is 2. The highest BCUT2D eigenvalue weighted by Gasteiger charge is 2.11. The standard InChI is InChI=1S/C20H40N2O6/c1-6-17(2)19(24)21-7-8-25-9-10-26-11-12-27-13-14-28-15-18(23)22-16-20(3,4)5/h17H,6-16H2,1-5H3,(H,21,24)(H,22,23). The molecule has 0 spiro atoms. The van der Waals surface area contributed by atoms with E-state index in [0.717, 1.165) is 6.42 Å². The van der Waals surface area contributed by atoms with Gasteiger partial charge >= 0.3 is 0 Å². The Labute approximate surface area is 170 Å². The van der Waals surface area contributed by atoms with Crippen LogP contribution in [0.1, 0.15) is 41.0 Å². The molecule has 0 aromatic carbocycles. The van der Waals surface area contributed by atoms with Crippen LogP contribution >= 0.6 is 0 Å².